The second-order valence-corrected chi connectivity index (χ2v) is 5.80. The van der Waals surface area contributed by atoms with Crippen LogP contribution in [0.5, 0.6) is 0 Å². The van der Waals surface area contributed by atoms with Crippen LogP contribution in [0.2, 0.25) is 0 Å². The number of carbonyl (C=O) groups excluding carboxylic acids is 1. The van der Waals surface area contributed by atoms with Crippen LogP contribution in [0, 0.1) is 0 Å². The molecule has 5 heteroatoms. The molecule has 0 saturated heterocycles. The minimum absolute atomic E-state index is 0.0221. The molecule has 0 unspecified atom stereocenters. The number of amides is 1. The van der Waals surface area contributed by atoms with E-state index in [0.29, 0.717) is 6.42 Å². The number of carboxylic acids is 1. The molecule has 3 aromatic carbocycles. The molecule has 128 valence electrons. The Kier molecular flexibility index (Phi) is 5.14. The van der Waals surface area contributed by atoms with Crippen molar-refractivity contribution >= 4 is 33.6 Å². The summed E-state index contributed by atoms with van der Waals surface area (Å²) in [5.41, 5.74) is 0.967. The molecule has 0 aliphatic heterocycles. The van der Waals surface area contributed by atoms with E-state index in [1.54, 1.807) is 0 Å². The molecule has 0 heterocycles. The number of hydrogen-bond acceptors (Lipinski definition) is 3. The van der Waals surface area contributed by atoms with Gasteiger partial charge in [0.15, 0.2) is 0 Å². The summed E-state index contributed by atoms with van der Waals surface area (Å²) in [6, 6.07) is 18.1. The number of fused-ring (bicyclic) bond motifs is 2. The summed E-state index contributed by atoms with van der Waals surface area (Å²) >= 11 is 0. The molecule has 0 spiro atoms. The van der Waals surface area contributed by atoms with Gasteiger partial charge in [-0.1, -0.05) is 48.5 Å². The topological polar surface area (TPSA) is 75.6 Å². The largest absolute Gasteiger partial charge is 0.481 e. The van der Waals surface area contributed by atoms with Gasteiger partial charge in [0.2, 0.25) is 0 Å². The highest BCUT2D eigenvalue weighted by molar-refractivity contribution is 6.02. The highest BCUT2D eigenvalue weighted by Gasteiger charge is 2.10. The van der Waals surface area contributed by atoms with E-state index < -0.39 is 12.1 Å². The van der Waals surface area contributed by atoms with E-state index in [4.69, 9.17) is 9.84 Å². The van der Waals surface area contributed by atoms with E-state index in [2.05, 4.69) is 11.4 Å². The zero-order valence-corrected chi connectivity index (χ0v) is 13.7. The van der Waals surface area contributed by atoms with Gasteiger partial charge in [0.25, 0.3) is 0 Å². The SMILES string of the molecule is O=C(O)CCCNC(=O)OCc1c2ccccc2cc2ccccc12. The lowest BCUT2D eigenvalue weighted by molar-refractivity contribution is -0.137. The quantitative estimate of drug-likeness (QED) is 0.525. The molecule has 0 saturated carbocycles. The zero-order chi connectivity index (χ0) is 17.6. The van der Waals surface area contributed by atoms with E-state index in [1.807, 2.05) is 48.5 Å². The Morgan fingerprint density at radius 2 is 1.56 bits per heavy atom. The Balaban J connectivity index is 1.75. The molecule has 5 nitrogen and oxygen atoms in total. The Morgan fingerprint density at radius 1 is 0.960 bits per heavy atom. The maximum absolute atomic E-state index is 11.9. The van der Waals surface area contributed by atoms with Crippen molar-refractivity contribution in [3.63, 3.8) is 0 Å². The van der Waals surface area contributed by atoms with Gasteiger partial charge in [-0.25, -0.2) is 4.79 Å². The van der Waals surface area contributed by atoms with Crippen LogP contribution < -0.4 is 5.32 Å². The lowest BCUT2D eigenvalue weighted by Crippen LogP contribution is -2.25. The fourth-order valence-corrected chi connectivity index (χ4v) is 2.88. The van der Waals surface area contributed by atoms with Gasteiger partial charge in [0.05, 0.1) is 0 Å². The summed E-state index contributed by atoms with van der Waals surface area (Å²) in [6.07, 6.45) is -0.141. The van der Waals surface area contributed by atoms with Crippen molar-refractivity contribution in [3.8, 4) is 0 Å². The molecule has 0 aliphatic rings. The zero-order valence-electron chi connectivity index (χ0n) is 13.7. The maximum Gasteiger partial charge on any atom is 0.407 e. The molecule has 3 aromatic rings. The first-order valence-electron chi connectivity index (χ1n) is 8.17. The average molecular weight is 337 g/mol. The van der Waals surface area contributed by atoms with Crippen LogP contribution in [-0.2, 0) is 16.1 Å². The van der Waals surface area contributed by atoms with Crippen molar-refractivity contribution in [2.24, 2.45) is 0 Å². The first-order valence-corrected chi connectivity index (χ1v) is 8.17. The third kappa shape index (κ3) is 4.07. The molecule has 0 bridgehead atoms. The van der Waals surface area contributed by atoms with Crippen LogP contribution in [0.4, 0.5) is 4.79 Å². The molecule has 0 radical (unpaired) electrons. The normalized spacial score (nSPS) is 10.7. The summed E-state index contributed by atoms with van der Waals surface area (Å²) < 4.78 is 5.35. The van der Waals surface area contributed by atoms with Gasteiger partial charge in [-0.3, -0.25) is 4.79 Å². The highest BCUT2D eigenvalue weighted by atomic mass is 16.5. The van der Waals surface area contributed by atoms with Gasteiger partial charge >= 0.3 is 12.1 Å². The Morgan fingerprint density at radius 3 is 2.16 bits per heavy atom. The molecular weight excluding hydrogens is 318 g/mol. The molecule has 0 fully saturated rings. The molecule has 0 aromatic heterocycles. The molecule has 0 atom stereocenters. The van der Waals surface area contributed by atoms with Crippen LogP contribution in [-0.4, -0.2) is 23.7 Å². The number of carboxylic acid groups (broad SMARTS) is 1. The van der Waals surface area contributed by atoms with Crippen LogP contribution in [0.15, 0.2) is 54.6 Å². The van der Waals surface area contributed by atoms with Crippen LogP contribution in [0.3, 0.4) is 0 Å². The van der Waals surface area contributed by atoms with Gasteiger partial charge < -0.3 is 15.2 Å². The Hall–Kier alpha value is -3.08. The fraction of sp³-hybridized carbons (Fsp3) is 0.200. The maximum atomic E-state index is 11.9. The monoisotopic (exact) mass is 337 g/mol. The van der Waals surface area contributed by atoms with Crippen molar-refractivity contribution in [1.82, 2.24) is 5.32 Å². The Bertz CT molecular complexity index is 866. The number of hydrogen-bond donors (Lipinski definition) is 2. The third-order valence-corrected chi connectivity index (χ3v) is 4.07. The van der Waals surface area contributed by atoms with Gasteiger partial charge in [0, 0.05) is 18.5 Å². The first-order chi connectivity index (χ1) is 12.1. The summed E-state index contributed by atoms with van der Waals surface area (Å²) in [7, 11) is 0. The summed E-state index contributed by atoms with van der Waals surface area (Å²) in [6.45, 7) is 0.439. The lowest BCUT2D eigenvalue weighted by atomic mass is 9.97. The van der Waals surface area contributed by atoms with Crippen LogP contribution >= 0.6 is 0 Å². The number of aliphatic carboxylic acids is 1. The lowest BCUT2D eigenvalue weighted by Gasteiger charge is -2.12. The van der Waals surface area contributed by atoms with Crippen molar-refractivity contribution in [2.75, 3.05) is 6.54 Å². The highest BCUT2D eigenvalue weighted by Crippen LogP contribution is 2.28. The first kappa shape index (κ1) is 16.8. The number of benzene rings is 3. The smallest absolute Gasteiger partial charge is 0.407 e. The van der Waals surface area contributed by atoms with Gasteiger partial charge in [-0.05, 0) is 34.0 Å². The van der Waals surface area contributed by atoms with E-state index in [1.165, 1.54) is 0 Å². The molecule has 2 N–H and O–H groups in total. The summed E-state index contributed by atoms with van der Waals surface area (Å²) in [4.78, 5) is 22.3. The molecule has 25 heavy (non-hydrogen) atoms. The van der Waals surface area contributed by atoms with Crippen molar-refractivity contribution in [1.29, 1.82) is 0 Å². The van der Waals surface area contributed by atoms with Gasteiger partial charge in [-0.15, -0.1) is 0 Å². The van der Waals surface area contributed by atoms with E-state index in [9.17, 15) is 9.59 Å². The second kappa shape index (κ2) is 7.66. The average Bonchev–Trinajstić information content (AvgIpc) is 2.62. The summed E-state index contributed by atoms with van der Waals surface area (Å²) in [5, 5.41) is 15.5. The van der Waals surface area contributed by atoms with Crippen molar-refractivity contribution < 1.29 is 19.4 Å². The van der Waals surface area contributed by atoms with Crippen molar-refractivity contribution in [3.05, 3.63) is 60.2 Å². The van der Waals surface area contributed by atoms with Crippen molar-refractivity contribution in [2.45, 2.75) is 19.4 Å². The standard InChI is InChI=1S/C20H19NO4/c22-19(23)10-5-11-21-20(24)25-13-18-16-8-3-1-6-14(16)12-15-7-2-4-9-17(15)18/h1-4,6-9,12H,5,10-11,13H2,(H,21,24)(H,22,23). The summed E-state index contributed by atoms with van der Waals surface area (Å²) in [5.74, 6) is -0.877. The fourth-order valence-electron chi connectivity index (χ4n) is 2.88. The second-order valence-electron chi connectivity index (χ2n) is 5.80. The number of rotatable bonds is 6. The van der Waals surface area contributed by atoms with E-state index in [0.717, 1.165) is 27.1 Å². The molecule has 3 rings (SSSR count). The number of alkyl carbamates (subject to hydrolysis) is 1. The number of nitrogens with one attached hydrogen (secondary N) is 1. The van der Waals surface area contributed by atoms with E-state index in [-0.39, 0.29) is 19.6 Å². The van der Waals surface area contributed by atoms with E-state index >= 15 is 0 Å². The third-order valence-electron chi connectivity index (χ3n) is 4.07. The minimum Gasteiger partial charge on any atom is -0.481 e. The number of ether oxygens (including phenoxy) is 1. The molecular formula is C20H19NO4. The predicted molar refractivity (Wildman–Crippen MR) is 96.5 cm³/mol. The van der Waals surface area contributed by atoms with Crippen LogP contribution in [0.25, 0.3) is 21.5 Å². The minimum atomic E-state index is -0.877. The number of carbonyl (C=O) groups is 2. The van der Waals surface area contributed by atoms with Crippen LogP contribution in [0.1, 0.15) is 18.4 Å². The van der Waals surface area contributed by atoms with Gasteiger partial charge in [-0.2, -0.15) is 0 Å². The molecule has 0 aliphatic carbocycles. The Labute approximate surface area is 145 Å². The predicted octanol–water partition coefficient (Wildman–Crippen LogP) is 4.08. The van der Waals surface area contributed by atoms with Gasteiger partial charge in [0.1, 0.15) is 6.61 Å². The molecule has 1 amide bonds.